The Hall–Kier alpha value is -2.64. The minimum Gasteiger partial charge on any atom is -0.486 e. The highest BCUT2D eigenvalue weighted by Gasteiger charge is 2.30. The zero-order valence-electron chi connectivity index (χ0n) is 10.4. The van der Waals surface area contributed by atoms with Crippen LogP contribution in [0, 0.1) is 0 Å². The number of halogens is 3. The van der Waals surface area contributed by atoms with E-state index in [9.17, 15) is 18.0 Å². The van der Waals surface area contributed by atoms with Crippen LogP contribution in [0.25, 0.3) is 0 Å². The normalized spacial score (nSPS) is 11.2. The molecule has 2 rings (SSSR count). The van der Waals surface area contributed by atoms with Gasteiger partial charge in [0, 0.05) is 0 Å². The number of carboxylic acids is 1. The number of carboxylic acid groups (broad SMARTS) is 1. The Balaban J connectivity index is 1.92. The fourth-order valence-corrected chi connectivity index (χ4v) is 1.46. The summed E-state index contributed by atoms with van der Waals surface area (Å²) in [5.41, 5.74) is 0. The Morgan fingerprint density at radius 2 is 1.71 bits per heavy atom. The molecule has 5 nitrogen and oxygen atoms in total. The second-order valence-corrected chi connectivity index (χ2v) is 3.88. The van der Waals surface area contributed by atoms with Crippen molar-refractivity contribution in [1.29, 1.82) is 0 Å². The Kier molecular flexibility index (Phi) is 4.06. The lowest BCUT2D eigenvalue weighted by Gasteiger charge is -2.09. The summed E-state index contributed by atoms with van der Waals surface area (Å²) >= 11 is 0. The third-order valence-corrected chi connectivity index (χ3v) is 2.31. The summed E-state index contributed by atoms with van der Waals surface area (Å²) in [4.78, 5) is 10.6. The van der Waals surface area contributed by atoms with Crippen LogP contribution in [0.15, 0.2) is 40.8 Å². The summed E-state index contributed by atoms with van der Waals surface area (Å²) in [6.45, 7) is -0.0489. The molecule has 0 aliphatic rings. The molecule has 1 N–H and O–H groups in total. The monoisotopic (exact) mass is 302 g/mol. The molecule has 0 saturated heterocycles. The van der Waals surface area contributed by atoms with E-state index in [-0.39, 0.29) is 29.6 Å². The van der Waals surface area contributed by atoms with Gasteiger partial charge in [0.2, 0.25) is 5.76 Å². The molecule has 1 aromatic heterocycles. The summed E-state index contributed by atoms with van der Waals surface area (Å²) in [6, 6.07) is 7.51. The molecule has 0 amide bonds. The van der Waals surface area contributed by atoms with E-state index in [0.717, 1.165) is 12.1 Å². The highest BCUT2D eigenvalue weighted by Crippen LogP contribution is 2.25. The fourth-order valence-electron chi connectivity index (χ4n) is 1.46. The second kappa shape index (κ2) is 5.78. The molecule has 112 valence electrons. The lowest BCUT2D eigenvalue weighted by Crippen LogP contribution is -2.16. The van der Waals surface area contributed by atoms with Crippen LogP contribution >= 0.6 is 0 Å². The predicted octanol–water partition coefficient (Wildman–Crippen LogP) is 3.46. The second-order valence-electron chi connectivity index (χ2n) is 3.88. The van der Waals surface area contributed by atoms with E-state index in [1.807, 2.05) is 0 Å². The lowest BCUT2D eigenvalue weighted by atomic mass is 10.3. The largest absolute Gasteiger partial charge is 0.573 e. The van der Waals surface area contributed by atoms with E-state index < -0.39 is 12.3 Å². The fraction of sp³-hybridized carbons (Fsp3) is 0.154. The van der Waals surface area contributed by atoms with Crippen molar-refractivity contribution in [3.8, 4) is 11.5 Å². The third kappa shape index (κ3) is 4.44. The number of carbonyl (C=O) groups is 1. The maximum absolute atomic E-state index is 12.0. The molecular weight excluding hydrogens is 293 g/mol. The Bertz CT molecular complexity index is 615. The predicted molar refractivity (Wildman–Crippen MR) is 63.1 cm³/mol. The van der Waals surface area contributed by atoms with Gasteiger partial charge in [0.15, 0.2) is 0 Å². The number of benzene rings is 1. The first-order valence-electron chi connectivity index (χ1n) is 5.64. The smallest absolute Gasteiger partial charge is 0.486 e. The Labute approximate surface area is 116 Å². The highest BCUT2D eigenvalue weighted by molar-refractivity contribution is 5.84. The van der Waals surface area contributed by atoms with Gasteiger partial charge >= 0.3 is 12.3 Å². The number of aromatic carboxylic acids is 1. The van der Waals surface area contributed by atoms with Gasteiger partial charge in [-0.1, -0.05) is 0 Å². The molecule has 0 unspecified atom stereocenters. The Morgan fingerprint density at radius 1 is 1.10 bits per heavy atom. The van der Waals surface area contributed by atoms with E-state index in [4.69, 9.17) is 14.3 Å². The average molecular weight is 302 g/mol. The SMILES string of the molecule is O=C(O)c1ccc(COc2ccc(OC(F)(F)F)cc2)o1. The molecule has 8 heteroatoms. The number of alkyl halides is 3. The first kappa shape index (κ1) is 14.8. The minimum atomic E-state index is -4.75. The first-order valence-corrected chi connectivity index (χ1v) is 5.64. The summed E-state index contributed by atoms with van der Waals surface area (Å²) in [6.07, 6.45) is -4.75. The molecule has 0 bridgehead atoms. The van der Waals surface area contributed by atoms with Crippen molar-refractivity contribution in [3.63, 3.8) is 0 Å². The molecule has 0 fully saturated rings. The molecule has 0 saturated carbocycles. The van der Waals surface area contributed by atoms with Gasteiger partial charge < -0.3 is 19.0 Å². The minimum absolute atomic E-state index is 0.0489. The zero-order chi connectivity index (χ0) is 15.5. The van der Waals surface area contributed by atoms with Crippen LogP contribution in [0.3, 0.4) is 0 Å². The van der Waals surface area contributed by atoms with Crippen molar-refractivity contribution in [2.75, 3.05) is 0 Å². The van der Waals surface area contributed by atoms with E-state index in [0.29, 0.717) is 0 Å². The van der Waals surface area contributed by atoms with Crippen LogP contribution < -0.4 is 9.47 Å². The highest BCUT2D eigenvalue weighted by atomic mass is 19.4. The number of furan rings is 1. The van der Waals surface area contributed by atoms with Crippen molar-refractivity contribution < 1.29 is 37.0 Å². The summed E-state index contributed by atoms with van der Waals surface area (Å²) in [5.74, 6) is -1.21. The lowest BCUT2D eigenvalue weighted by molar-refractivity contribution is -0.274. The molecule has 0 aliphatic heterocycles. The zero-order valence-corrected chi connectivity index (χ0v) is 10.4. The van der Waals surface area contributed by atoms with Crippen LogP contribution in [0.1, 0.15) is 16.3 Å². The number of rotatable bonds is 5. The van der Waals surface area contributed by atoms with E-state index in [2.05, 4.69) is 4.74 Å². The van der Waals surface area contributed by atoms with Crippen LogP contribution in [-0.4, -0.2) is 17.4 Å². The van der Waals surface area contributed by atoms with Crippen LogP contribution in [0.4, 0.5) is 13.2 Å². The van der Waals surface area contributed by atoms with E-state index in [1.165, 1.54) is 24.3 Å². The van der Waals surface area contributed by atoms with Gasteiger partial charge in [-0.15, -0.1) is 13.2 Å². The molecule has 0 spiro atoms. The Morgan fingerprint density at radius 3 is 2.24 bits per heavy atom. The van der Waals surface area contributed by atoms with Gasteiger partial charge in [-0.05, 0) is 36.4 Å². The quantitative estimate of drug-likeness (QED) is 0.916. The van der Waals surface area contributed by atoms with Crippen molar-refractivity contribution in [3.05, 3.63) is 47.9 Å². The van der Waals surface area contributed by atoms with Crippen molar-refractivity contribution in [2.24, 2.45) is 0 Å². The first-order chi connectivity index (χ1) is 9.83. The molecule has 2 aromatic rings. The molecule has 0 atom stereocenters. The summed E-state index contributed by atoms with van der Waals surface area (Å²) in [7, 11) is 0. The van der Waals surface area contributed by atoms with Gasteiger partial charge in [0.25, 0.3) is 0 Å². The molecule has 0 radical (unpaired) electrons. The molecule has 0 aliphatic carbocycles. The van der Waals surface area contributed by atoms with Crippen LogP contribution in [0.5, 0.6) is 11.5 Å². The van der Waals surface area contributed by atoms with Gasteiger partial charge in [-0.2, -0.15) is 0 Å². The van der Waals surface area contributed by atoms with E-state index in [1.54, 1.807) is 0 Å². The summed E-state index contributed by atoms with van der Waals surface area (Å²) < 4.78 is 49.8. The van der Waals surface area contributed by atoms with Crippen molar-refractivity contribution in [1.82, 2.24) is 0 Å². The standard InChI is InChI=1S/C13H9F3O5/c14-13(15,16)21-9-3-1-8(2-4-9)19-7-10-5-6-11(20-10)12(17)18/h1-6H,7H2,(H,17,18). The van der Waals surface area contributed by atoms with Crippen molar-refractivity contribution in [2.45, 2.75) is 13.0 Å². The van der Waals surface area contributed by atoms with Gasteiger partial charge in [0.05, 0.1) is 0 Å². The van der Waals surface area contributed by atoms with E-state index >= 15 is 0 Å². The topological polar surface area (TPSA) is 68.9 Å². The van der Waals surface area contributed by atoms with Crippen molar-refractivity contribution >= 4 is 5.97 Å². The number of hydrogen-bond acceptors (Lipinski definition) is 4. The van der Waals surface area contributed by atoms with Gasteiger partial charge in [-0.25, -0.2) is 4.79 Å². The number of hydrogen-bond donors (Lipinski definition) is 1. The maximum atomic E-state index is 12.0. The average Bonchev–Trinajstić information content (AvgIpc) is 2.85. The van der Waals surface area contributed by atoms with Crippen LogP contribution in [0.2, 0.25) is 0 Å². The van der Waals surface area contributed by atoms with Gasteiger partial charge in [-0.3, -0.25) is 0 Å². The molecule has 1 heterocycles. The van der Waals surface area contributed by atoms with Crippen LogP contribution in [-0.2, 0) is 6.61 Å². The molecular formula is C13H9F3O5. The number of ether oxygens (including phenoxy) is 2. The molecule has 21 heavy (non-hydrogen) atoms. The van der Waals surface area contributed by atoms with Gasteiger partial charge in [0.1, 0.15) is 23.9 Å². The summed E-state index contributed by atoms with van der Waals surface area (Å²) in [5, 5.41) is 8.67. The third-order valence-electron chi connectivity index (χ3n) is 2.31. The molecule has 1 aromatic carbocycles. The maximum Gasteiger partial charge on any atom is 0.573 e.